The van der Waals surface area contributed by atoms with Crippen LogP contribution in [-0.4, -0.2) is 25.1 Å². The molecule has 2 aromatic carbocycles. The van der Waals surface area contributed by atoms with Gasteiger partial charge in [-0.2, -0.15) is 0 Å². The predicted molar refractivity (Wildman–Crippen MR) is 106 cm³/mol. The maximum Gasteiger partial charge on any atom is 0.319 e. The monoisotopic (exact) mass is 367 g/mol. The molecular weight excluding hydrogens is 342 g/mol. The molecule has 3 N–H and O–H groups in total. The van der Waals surface area contributed by atoms with E-state index in [-0.39, 0.29) is 24.0 Å². The molecule has 6 heteroatoms. The Morgan fingerprint density at radius 3 is 2.59 bits per heavy atom. The summed E-state index contributed by atoms with van der Waals surface area (Å²) in [7, 11) is 0. The third-order valence-electron chi connectivity index (χ3n) is 4.40. The first kappa shape index (κ1) is 18.8. The van der Waals surface area contributed by atoms with Gasteiger partial charge < -0.3 is 20.7 Å². The number of hydrogen-bond donors (Lipinski definition) is 3. The molecule has 0 aliphatic carbocycles. The van der Waals surface area contributed by atoms with Crippen molar-refractivity contribution in [2.75, 3.05) is 23.8 Å². The number of hydrogen-bond acceptors (Lipinski definition) is 3. The molecule has 0 saturated carbocycles. The normalized spacial score (nSPS) is 13.2. The lowest BCUT2D eigenvalue weighted by atomic mass is 9.86. The van der Waals surface area contributed by atoms with Crippen LogP contribution in [0.4, 0.5) is 16.2 Å². The molecule has 0 radical (unpaired) electrons. The molecule has 1 aliphatic rings. The van der Waals surface area contributed by atoms with Gasteiger partial charge in [-0.1, -0.05) is 51.1 Å². The molecule has 0 atom stereocenters. The van der Waals surface area contributed by atoms with Crippen molar-refractivity contribution in [3.05, 3.63) is 53.6 Å². The highest BCUT2D eigenvalue weighted by atomic mass is 16.5. The fraction of sp³-hybridized carbons (Fsp3) is 0.333. The van der Waals surface area contributed by atoms with Gasteiger partial charge in [-0.05, 0) is 35.1 Å². The summed E-state index contributed by atoms with van der Waals surface area (Å²) in [4.78, 5) is 23.5. The lowest BCUT2D eigenvalue weighted by molar-refractivity contribution is -0.118. The van der Waals surface area contributed by atoms with Crippen LogP contribution in [-0.2, 0) is 16.6 Å². The average molecular weight is 367 g/mol. The lowest BCUT2D eigenvalue weighted by Crippen LogP contribution is -2.31. The molecule has 0 bridgehead atoms. The Balaban J connectivity index is 1.52. The lowest BCUT2D eigenvalue weighted by Gasteiger charge is -2.21. The summed E-state index contributed by atoms with van der Waals surface area (Å²) in [5.74, 6) is 0.270. The number of urea groups is 1. The van der Waals surface area contributed by atoms with Gasteiger partial charge in [0.1, 0.15) is 0 Å². The summed E-state index contributed by atoms with van der Waals surface area (Å²) in [5, 5.41) is 8.34. The number of amides is 3. The maximum atomic E-state index is 12.2. The molecule has 1 heterocycles. The molecule has 6 nitrogen and oxygen atoms in total. The van der Waals surface area contributed by atoms with Crippen LogP contribution in [0.25, 0.3) is 0 Å². The van der Waals surface area contributed by atoms with Gasteiger partial charge in [0, 0.05) is 6.54 Å². The minimum Gasteiger partial charge on any atom is -0.479 e. The molecular formula is C21H25N3O3. The van der Waals surface area contributed by atoms with Crippen molar-refractivity contribution in [2.45, 2.75) is 32.6 Å². The largest absolute Gasteiger partial charge is 0.479 e. The van der Waals surface area contributed by atoms with E-state index in [1.54, 1.807) is 18.2 Å². The molecule has 3 rings (SSSR count). The number of para-hydroxylation sites is 1. The molecule has 0 spiro atoms. The van der Waals surface area contributed by atoms with Crippen molar-refractivity contribution in [1.29, 1.82) is 0 Å². The second-order valence-corrected chi connectivity index (χ2v) is 7.60. The summed E-state index contributed by atoms with van der Waals surface area (Å²) in [6.07, 6.45) is 0.747. The highest BCUT2D eigenvalue weighted by Crippen LogP contribution is 2.35. The quantitative estimate of drug-likeness (QED) is 0.771. The van der Waals surface area contributed by atoms with Gasteiger partial charge >= 0.3 is 6.03 Å². The molecule has 1 aliphatic heterocycles. The van der Waals surface area contributed by atoms with Crippen molar-refractivity contribution in [3.63, 3.8) is 0 Å². The second-order valence-electron chi connectivity index (χ2n) is 7.60. The van der Waals surface area contributed by atoms with Gasteiger partial charge in [-0.25, -0.2) is 4.79 Å². The molecule has 0 aromatic heterocycles. The van der Waals surface area contributed by atoms with Gasteiger partial charge in [-0.3, -0.25) is 4.79 Å². The number of ether oxygens (including phenoxy) is 1. The minimum absolute atomic E-state index is 0.0577. The molecule has 27 heavy (non-hydrogen) atoms. The number of carbonyl (C=O) groups is 2. The molecule has 0 fully saturated rings. The average Bonchev–Trinajstić information content (AvgIpc) is 2.61. The Morgan fingerprint density at radius 1 is 1.15 bits per heavy atom. The Kier molecular flexibility index (Phi) is 5.35. The summed E-state index contributed by atoms with van der Waals surface area (Å²) >= 11 is 0. The van der Waals surface area contributed by atoms with E-state index >= 15 is 0 Å². The first-order valence-corrected chi connectivity index (χ1v) is 9.03. The molecule has 0 saturated heterocycles. The number of rotatable bonds is 4. The maximum absolute atomic E-state index is 12.2. The summed E-state index contributed by atoms with van der Waals surface area (Å²) in [5.41, 5.74) is 3.68. The van der Waals surface area contributed by atoms with Crippen molar-refractivity contribution in [2.24, 2.45) is 0 Å². The van der Waals surface area contributed by atoms with Crippen LogP contribution >= 0.6 is 0 Å². The van der Waals surface area contributed by atoms with Crippen molar-refractivity contribution < 1.29 is 14.3 Å². The number of fused-ring (bicyclic) bond motifs is 1. The van der Waals surface area contributed by atoms with Crippen molar-refractivity contribution in [3.8, 4) is 5.75 Å². The van der Waals surface area contributed by atoms with Crippen LogP contribution in [0.3, 0.4) is 0 Å². The van der Waals surface area contributed by atoms with Crippen LogP contribution in [0.15, 0.2) is 42.5 Å². The van der Waals surface area contributed by atoms with Gasteiger partial charge in [-0.15, -0.1) is 0 Å². The molecule has 3 amide bonds. The van der Waals surface area contributed by atoms with E-state index in [1.807, 2.05) is 0 Å². The Bertz CT molecular complexity index is 839. The molecule has 0 unspecified atom stereocenters. The van der Waals surface area contributed by atoms with E-state index < -0.39 is 0 Å². The van der Waals surface area contributed by atoms with Crippen LogP contribution < -0.4 is 20.7 Å². The first-order chi connectivity index (χ1) is 12.8. The van der Waals surface area contributed by atoms with E-state index in [0.717, 1.165) is 6.42 Å². The van der Waals surface area contributed by atoms with E-state index in [1.165, 1.54) is 11.1 Å². The molecule has 2 aromatic rings. The summed E-state index contributed by atoms with van der Waals surface area (Å²) < 4.78 is 5.43. The van der Waals surface area contributed by atoms with Crippen LogP contribution in [0.1, 0.15) is 31.9 Å². The highest BCUT2D eigenvalue weighted by molar-refractivity contribution is 5.99. The Labute approximate surface area is 159 Å². The van der Waals surface area contributed by atoms with Gasteiger partial charge in [0.05, 0.1) is 11.4 Å². The highest BCUT2D eigenvalue weighted by Gasteiger charge is 2.19. The van der Waals surface area contributed by atoms with Crippen LogP contribution in [0.5, 0.6) is 5.75 Å². The second kappa shape index (κ2) is 7.70. The topological polar surface area (TPSA) is 79.5 Å². The van der Waals surface area contributed by atoms with E-state index in [4.69, 9.17) is 4.74 Å². The number of nitrogens with one attached hydrogen (secondary N) is 3. The number of anilines is 2. The summed E-state index contributed by atoms with van der Waals surface area (Å²) in [6.45, 7) is 7.02. The summed E-state index contributed by atoms with van der Waals surface area (Å²) in [6, 6.07) is 13.4. The zero-order chi connectivity index (χ0) is 19.4. The fourth-order valence-corrected chi connectivity index (χ4v) is 2.87. The minimum atomic E-state index is -0.310. The third kappa shape index (κ3) is 4.78. The first-order valence-electron chi connectivity index (χ1n) is 9.03. The predicted octanol–water partition coefficient (Wildman–Crippen LogP) is 3.68. The molecule has 142 valence electrons. The zero-order valence-corrected chi connectivity index (χ0v) is 15.9. The Hall–Kier alpha value is -3.02. The third-order valence-corrected chi connectivity index (χ3v) is 4.40. The van der Waals surface area contributed by atoms with Gasteiger partial charge in [0.25, 0.3) is 5.91 Å². The fourth-order valence-electron chi connectivity index (χ4n) is 2.87. The number of benzene rings is 2. The number of carbonyl (C=O) groups excluding carboxylic acids is 2. The van der Waals surface area contributed by atoms with E-state index in [0.29, 0.717) is 23.7 Å². The van der Waals surface area contributed by atoms with Crippen molar-refractivity contribution in [1.82, 2.24) is 5.32 Å². The van der Waals surface area contributed by atoms with Gasteiger partial charge in [0.15, 0.2) is 12.4 Å². The van der Waals surface area contributed by atoms with Crippen LogP contribution in [0.2, 0.25) is 0 Å². The smallest absolute Gasteiger partial charge is 0.319 e. The van der Waals surface area contributed by atoms with Gasteiger partial charge in [0.2, 0.25) is 0 Å². The van der Waals surface area contributed by atoms with E-state index in [2.05, 4.69) is 61.0 Å². The standard InChI is InChI=1S/C21H25N3O3/c1-21(2,3)15-9-7-14(8-10-15)11-12-22-20(26)24-17-6-4-5-16-19(17)27-13-18(25)23-16/h4-10H,11-13H2,1-3H3,(H,23,25)(H2,22,24,26). The van der Waals surface area contributed by atoms with Crippen LogP contribution in [0, 0.1) is 0 Å². The Morgan fingerprint density at radius 2 is 1.89 bits per heavy atom. The van der Waals surface area contributed by atoms with E-state index in [9.17, 15) is 9.59 Å². The zero-order valence-electron chi connectivity index (χ0n) is 15.9. The SMILES string of the molecule is CC(C)(C)c1ccc(CCNC(=O)Nc2cccc3c2OCC(=O)N3)cc1. The van der Waals surface area contributed by atoms with Crippen molar-refractivity contribution >= 4 is 23.3 Å².